The Hall–Kier alpha value is -1.10. The molecule has 0 saturated heterocycles. The third kappa shape index (κ3) is 16.4. The second kappa shape index (κ2) is 23.3. The van der Waals surface area contributed by atoms with Gasteiger partial charge in [-0.25, -0.2) is 0 Å². The number of fused-ring (bicyclic) bond motifs is 2. The summed E-state index contributed by atoms with van der Waals surface area (Å²) in [7, 11) is 0. The first-order valence-corrected chi connectivity index (χ1v) is 20.6. The highest BCUT2D eigenvalue weighted by Gasteiger charge is 2.53. The molecule has 2 aliphatic carbocycles. The molecule has 2 saturated carbocycles. The maximum Gasteiger partial charge on any atom is 0.305 e. The molecule has 2 aliphatic rings. The van der Waals surface area contributed by atoms with E-state index in [-0.39, 0.29) is 29.4 Å². The molecule has 4 unspecified atom stereocenters. The Labute approximate surface area is 291 Å². The van der Waals surface area contributed by atoms with E-state index in [9.17, 15) is 14.7 Å². The molecule has 276 valence electrons. The molecule has 0 radical (unpaired) electrons. The van der Waals surface area contributed by atoms with Crippen molar-refractivity contribution >= 4 is 11.9 Å². The molecule has 2 bridgehead atoms. The number of aliphatic hydroxyl groups is 1. The average Bonchev–Trinajstić information content (AvgIpc) is 3.04. The summed E-state index contributed by atoms with van der Waals surface area (Å²) in [5, 5.41) is 9.70. The molecule has 0 amide bonds. The van der Waals surface area contributed by atoms with Crippen molar-refractivity contribution in [2.24, 2.45) is 28.1 Å². The van der Waals surface area contributed by atoms with Crippen molar-refractivity contribution in [2.75, 3.05) is 19.8 Å². The van der Waals surface area contributed by atoms with Crippen LogP contribution in [-0.4, -0.2) is 36.9 Å². The molecule has 4 atom stereocenters. The third-order valence-electron chi connectivity index (χ3n) is 12.1. The van der Waals surface area contributed by atoms with Gasteiger partial charge >= 0.3 is 11.9 Å². The number of unbranched alkanes of at least 4 members (excludes halogenated alkanes) is 6. The summed E-state index contributed by atoms with van der Waals surface area (Å²) in [6.07, 6.45) is 30.3. The monoisotopic (exact) mass is 663 g/mol. The number of rotatable bonds is 28. The predicted octanol–water partition coefficient (Wildman–Crippen LogP) is 11.9. The van der Waals surface area contributed by atoms with E-state index in [0.717, 1.165) is 70.1 Å². The van der Waals surface area contributed by atoms with Crippen molar-refractivity contribution in [3.63, 3.8) is 0 Å². The van der Waals surface area contributed by atoms with Crippen LogP contribution in [0.1, 0.15) is 208 Å². The Morgan fingerprint density at radius 2 is 1.28 bits per heavy atom. The molecule has 0 heterocycles. The minimum Gasteiger partial charge on any atom is -0.466 e. The summed E-state index contributed by atoms with van der Waals surface area (Å²) in [6, 6.07) is 0. The van der Waals surface area contributed by atoms with Gasteiger partial charge in [0.25, 0.3) is 0 Å². The summed E-state index contributed by atoms with van der Waals surface area (Å²) >= 11 is 0. The van der Waals surface area contributed by atoms with Crippen molar-refractivity contribution < 1.29 is 24.2 Å². The Kier molecular flexibility index (Phi) is 20.9. The second-order valence-electron chi connectivity index (χ2n) is 16.7. The highest BCUT2D eigenvalue weighted by atomic mass is 16.5. The zero-order valence-corrected chi connectivity index (χ0v) is 31.9. The predicted molar refractivity (Wildman–Crippen MR) is 196 cm³/mol. The number of esters is 2. The molecule has 0 aromatic carbocycles. The van der Waals surface area contributed by atoms with Crippen molar-refractivity contribution in [3.8, 4) is 0 Å². The van der Waals surface area contributed by atoms with E-state index in [1.807, 2.05) is 0 Å². The summed E-state index contributed by atoms with van der Waals surface area (Å²) in [4.78, 5) is 24.9. The number of aliphatic hydroxyl groups excluding tert-OH is 1. The molecule has 5 heteroatoms. The lowest BCUT2D eigenvalue weighted by molar-refractivity contribution is -0.144. The number of carbonyl (C=O) groups excluding carboxylic acids is 2. The topological polar surface area (TPSA) is 72.8 Å². The number of ether oxygens (including phenoxy) is 2. The van der Waals surface area contributed by atoms with Crippen LogP contribution in [0.2, 0.25) is 0 Å². The van der Waals surface area contributed by atoms with Crippen molar-refractivity contribution in [1.29, 1.82) is 0 Å². The first-order chi connectivity index (χ1) is 22.7. The van der Waals surface area contributed by atoms with Gasteiger partial charge in [0.2, 0.25) is 0 Å². The molecule has 0 aromatic rings. The molecule has 0 aromatic heterocycles. The van der Waals surface area contributed by atoms with Crippen molar-refractivity contribution in [1.82, 2.24) is 0 Å². The lowest BCUT2D eigenvalue weighted by atomic mass is 9.46. The first-order valence-electron chi connectivity index (χ1n) is 20.6. The quantitative estimate of drug-likeness (QED) is 0.0666. The summed E-state index contributed by atoms with van der Waals surface area (Å²) in [5.41, 5.74) is 0.856. The highest BCUT2D eigenvalue weighted by Crippen LogP contribution is 2.64. The van der Waals surface area contributed by atoms with Crippen molar-refractivity contribution in [3.05, 3.63) is 0 Å². The van der Waals surface area contributed by atoms with E-state index in [2.05, 4.69) is 34.6 Å². The van der Waals surface area contributed by atoms with Gasteiger partial charge in [-0.05, 0) is 112 Å². The summed E-state index contributed by atoms with van der Waals surface area (Å²) in [6.45, 7) is 13.0. The lowest BCUT2D eigenvalue weighted by Gasteiger charge is -2.59. The number of carbonyl (C=O) groups is 2. The van der Waals surface area contributed by atoms with Crippen molar-refractivity contribution in [2.45, 2.75) is 208 Å². The molecular formula is C42H78O5. The Morgan fingerprint density at radius 1 is 0.660 bits per heavy atom. The fourth-order valence-corrected chi connectivity index (χ4v) is 10.2. The molecule has 0 spiro atoms. The lowest BCUT2D eigenvalue weighted by Crippen LogP contribution is -2.48. The zero-order chi connectivity index (χ0) is 34.4. The van der Waals surface area contributed by atoms with Gasteiger partial charge in [-0.3, -0.25) is 9.59 Å². The molecule has 1 N–H and O–H groups in total. The summed E-state index contributed by atoms with van der Waals surface area (Å²) in [5.74, 6) is 1.49. The Balaban J connectivity index is 1.86. The largest absolute Gasteiger partial charge is 0.466 e. The highest BCUT2D eigenvalue weighted by molar-refractivity contribution is 5.69. The van der Waals surface area contributed by atoms with Crippen LogP contribution < -0.4 is 0 Å². The van der Waals surface area contributed by atoms with E-state index >= 15 is 0 Å². The van der Waals surface area contributed by atoms with Crippen LogP contribution >= 0.6 is 0 Å². The van der Waals surface area contributed by atoms with Gasteiger partial charge in [-0.15, -0.1) is 0 Å². The minimum absolute atomic E-state index is 0.0167. The van der Waals surface area contributed by atoms with Gasteiger partial charge in [-0.2, -0.15) is 0 Å². The van der Waals surface area contributed by atoms with Crippen LogP contribution in [0.4, 0.5) is 0 Å². The fourth-order valence-electron chi connectivity index (χ4n) is 10.2. The minimum atomic E-state index is -0.0223. The van der Waals surface area contributed by atoms with Crippen LogP contribution in [-0.2, 0) is 19.1 Å². The maximum atomic E-state index is 12.6. The van der Waals surface area contributed by atoms with Gasteiger partial charge < -0.3 is 14.6 Å². The molecule has 5 nitrogen and oxygen atoms in total. The van der Waals surface area contributed by atoms with Gasteiger partial charge in [0.1, 0.15) is 0 Å². The molecule has 2 fully saturated rings. The normalized spacial score (nSPS) is 25.6. The van der Waals surface area contributed by atoms with Gasteiger partial charge in [0, 0.05) is 19.4 Å². The second-order valence-corrected chi connectivity index (χ2v) is 16.7. The maximum absolute atomic E-state index is 12.6. The Bertz CT molecular complexity index is 837. The SMILES string of the molecule is CCCCCCCCC(=O)OCCCC1(C)CC2CC(CC)(CCCO)CC(CCCOC(=O)CCCCC(CCC)CCC)(C2)C1. The van der Waals surface area contributed by atoms with Gasteiger partial charge in [0.05, 0.1) is 13.2 Å². The molecule has 0 aliphatic heterocycles. The molecule has 2 rings (SSSR count). The van der Waals surface area contributed by atoms with E-state index in [1.165, 1.54) is 96.3 Å². The molecule has 47 heavy (non-hydrogen) atoms. The van der Waals surface area contributed by atoms with E-state index < -0.39 is 0 Å². The van der Waals surface area contributed by atoms with Crippen LogP contribution in [0.5, 0.6) is 0 Å². The van der Waals surface area contributed by atoms with E-state index in [0.29, 0.717) is 37.4 Å². The zero-order valence-electron chi connectivity index (χ0n) is 31.9. The van der Waals surface area contributed by atoms with Gasteiger partial charge in [0.15, 0.2) is 0 Å². The smallest absolute Gasteiger partial charge is 0.305 e. The average molecular weight is 663 g/mol. The fraction of sp³-hybridized carbons (Fsp3) is 0.952. The van der Waals surface area contributed by atoms with Crippen LogP contribution in [0.15, 0.2) is 0 Å². The standard InChI is InChI=1S/C42H78O5/c1-6-10-11-12-13-14-23-38(44)46-29-18-25-40(5)31-37-32-41(9-4,26-17-28-43)35-42(33-37,34-40)27-19-30-47-39(45)24-16-15-22-36(20-7-2)21-8-3/h36-37,43H,6-35H2,1-5H3. The first kappa shape index (κ1) is 42.1. The van der Waals surface area contributed by atoms with E-state index in [4.69, 9.17) is 9.47 Å². The van der Waals surface area contributed by atoms with Crippen LogP contribution in [0.25, 0.3) is 0 Å². The molecular weight excluding hydrogens is 584 g/mol. The van der Waals surface area contributed by atoms with Crippen LogP contribution in [0.3, 0.4) is 0 Å². The number of hydrogen-bond donors (Lipinski definition) is 1. The van der Waals surface area contributed by atoms with Crippen LogP contribution in [0, 0.1) is 28.1 Å². The third-order valence-corrected chi connectivity index (χ3v) is 12.1. The van der Waals surface area contributed by atoms with E-state index in [1.54, 1.807) is 0 Å². The van der Waals surface area contributed by atoms with Gasteiger partial charge in [-0.1, -0.05) is 112 Å². The Morgan fingerprint density at radius 3 is 1.89 bits per heavy atom. The number of hydrogen-bond acceptors (Lipinski definition) is 5. The summed E-state index contributed by atoms with van der Waals surface area (Å²) < 4.78 is 11.5.